The molecule has 0 bridgehead atoms. The Hall–Kier alpha value is -1.26. The first-order valence-corrected chi connectivity index (χ1v) is 5.92. The van der Waals surface area contributed by atoms with Crippen molar-refractivity contribution < 1.29 is 4.39 Å². The zero-order valence-electron chi connectivity index (χ0n) is 9.06. The molecular weight excluding hydrogens is 223 g/mol. The normalized spacial score (nSPS) is 10.9. The zero-order valence-corrected chi connectivity index (χ0v) is 9.88. The quantitative estimate of drug-likeness (QED) is 0.811. The zero-order chi connectivity index (χ0) is 11.4. The van der Waals surface area contributed by atoms with Crippen molar-refractivity contribution in [3.8, 4) is 0 Å². The summed E-state index contributed by atoms with van der Waals surface area (Å²) in [5, 5.41) is 0. The molecule has 0 aliphatic heterocycles. The number of aromatic nitrogens is 1. The first kappa shape index (κ1) is 11.2. The van der Waals surface area contributed by atoms with Crippen molar-refractivity contribution in [1.82, 2.24) is 9.88 Å². The molecule has 0 fully saturated rings. The predicted octanol–water partition coefficient (Wildman–Crippen LogP) is 2.91. The molecule has 1 aromatic carbocycles. The maximum Gasteiger partial charge on any atom is 0.123 e. The summed E-state index contributed by atoms with van der Waals surface area (Å²) in [4.78, 5) is 7.46. The smallest absolute Gasteiger partial charge is 0.123 e. The summed E-state index contributed by atoms with van der Waals surface area (Å²) >= 11 is 1.65. The molecule has 2 rings (SSSR count). The lowest BCUT2D eigenvalue weighted by atomic mass is 10.2. The van der Waals surface area contributed by atoms with Gasteiger partial charge in [0.15, 0.2) is 0 Å². The third-order valence-corrected chi connectivity index (χ3v) is 3.04. The minimum Gasteiger partial charge on any atom is -0.297 e. The molecule has 84 valence electrons. The maximum atomic E-state index is 12.7. The Bertz CT molecular complexity index is 425. The molecule has 16 heavy (non-hydrogen) atoms. The summed E-state index contributed by atoms with van der Waals surface area (Å²) < 4.78 is 12.7. The highest BCUT2D eigenvalue weighted by molar-refractivity contribution is 7.09. The number of hydrogen-bond acceptors (Lipinski definition) is 3. The van der Waals surface area contributed by atoms with Gasteiger partial charge in [-0.1, -0.05) is 12.1 Å². The monoisotopic (exact) mass is 236 g/mol. The molecule has 0 amide bonds. The first-order valence-electron chi connectivity index (χ1n) is 5.04. The van der Waals surface area contributed by atoms with Gasteiger partial charge >= 0.3 is 0 Å². The molecule has 0 aliphatic rings. The molecule has 4 heteroatoms. The molecule has 2 nitrogen and oxygen atoms in total. The summed E-state index contributed by atoms with van der Waals surface area (Å²) in [5.74, 6) is -0.186. The minimum atomic E-state index is -0.186. The number of benzene rings is 1. The molecule has 2 aromatic rings. The summed E-state index contributed by atoms with van der Waals surface area (Å²) in [6, 6.07) is 6.63. The van der Waals surface area contributed by atoms with E-state index in [1.807, 2.05) is 30.9 Å². The Balaban J connectivity index is 1.92. The van der Waals surface area contributed by atoms with Crippen molar-refractivity contribution in [3.63, 3.8) is 0 Å². The average Bonchev–Trinajstić information content (AvgIpc) is 2.74. The van der Waals surface area contributed by atoms with Gasteiger partial charge in [0.05, 0.1) is 5.51 Å². The van der Waals surface area contributed by atoms with Crippen molar-refractivity contribution in [1.29, 1.82) is 0 Å². The molecule has 0 saturated carbocycles. The van der Waals surface area contributed by atoms with Gasteiger partial charge in [0.2, 0.25) is 0 Å². The molecule has 0 spiro atoms. The van der Waals surface area contributed by atoms with Gasteiger partial charge in [-0.25, -0.2) is 4.39 Å². The van der Waals surface area contributed by atoms with E-state index in [9.17, 15) is 4.39 Å². The Morgan fingerprint density at radius 1 is 1.25 bits per heavy atom. The van der Waals surface area contributed by atoms with Crippen LogP contribution in [-0.4, -0.2) is 16.9 Å². The second-order valence-corrected chi connectivity index (χ2v) is 4.74. The van der Waals surface area contributed by atoms with Crippen LogP contribution in [0.25, 0.3) is 0 Å². The van der Waals surface area contributed by atoms with Crippen molar-refractivity contribution in [3.05, 3.63) is 52.2 Å². The van der Waals surface area contributed by atoms with Crippen LogP contribution in [0, 0.1) is 5.82 Å². The average molecular weight is 236 g/mol. The van der Waals surface area contributed by atoms with Gasteiger partial charge in [-0.2, -0.15) is 0 Å². The summed E-state index contributed by atoms with van der Waals surface area (Å²) in [7, 11) is 2.04. The Labute approximate surface area is 98.4 Å². The van der Waals surface area contributed by atoms with Crippen LogP contribution in [0.15, 0.2) is 36.0 Å². The second-order valence-electron chi connectivity index (χ2n) is 3.77. The lowest BCUT2D eigenvalue weighted by Crippen LogP contribution is -2.16. The van der Waals surface area contributed by atoms with Crippen LogP contribution in [0.2, 0.25) is 0 Å². The predicted molar refractivity (Wildman–Crippen MR) is 63.7 cm³/mol. The van der Waals surface area contributed by atoms with E-state index in [2.05, 4.69) is 9.88 Å². The minimum absolute atomic E-state index is 0.186. The van der Waals surface area contributed by atoms with E-state index in [4.69, 9.17) is 0 Å². The van der Waals surface area contributed by atoms with Crippen LogP contribution >= 0.6 is 11.3 Å². The van der Waals surface area contributed by atoms with Gasteiger partial charge in [0.1, 0.15) is 5.82 Å². The van der Waals surface area contributed by atoms with Crippen LogP contribution in [0.5, 0.6) is 0 Å². The van der Waals surface area contributed by atoms with Crippen molar-refractivity contribution >= 4 is 11.3 Å². The maximum absolute atomic E-state index is 12.7. The van der Waals surface area contributed by atoms with E-state index in [-0.39, 0.29) is 5.82 Å². The van der Waals surface area contributed by atoms with Crippen molar-refractivity contribution in [2.45, 2.75) is 13.1 Å². The molecular formula is C12H13FN2S. The van der Waals surface area contributed by atoms with Gasteiger partial charge in [0, 0.05) is 24.2 Å². The molecule has 0 unspecified atom stereocenters. The number of nitrogens with zero attached hydrogens (tertiary/aromatic N) is 2. The Kier molecular flexibility index (Phi) is 3.64. The first-order chi connectivity index (χ1) is 7.74. The summed E-state index contributed by atoms with van der Waals surface area (Å²) in [6.07, 6.45) is 1.88. The van der Waals surface area contributed by atoms with Gasteiger partial charge in [-0.3, -0.25) is 9.88 Å². The van der Waals surface area contributed by atoms with Gasteiger partial charge < -0.3 is 0 Å². The second kappa shape index (κ2) is 5.18. The van der Waals surface area contributed by atoms with E-state index in [1.165, 1.54) is 17.0 Å². The molecule has 1 aromatic heterocycles. The third-order valence-electron chi connectivity index (χ3n) is 2.27. The molecule has 0 atom stereocenters. The van der Waals surface area contributed by atoms with Crippen LogP contribution in [0.3, 0.4) is 0 Å². The fraction of sp³-hybridized carbons (Fsp3) is 0.250. The van der Waals surface area contributed by atoms with Crippen molar-refractivity contribution in [2.75, 3.05) is 7.05 Å². The lowest BCUT2D eigenvalue weighted by molar-refractivity contribution is 0.321. The number of hydrogen-bond donors (Lipinski definition) is 0. The summed E-state index contributed by atoms with van der Waals surface area (Å²) in [5.41, 5.74) is 2.95. The largest absolute Gasteiger partial charge is 0.297 e. The SMILES string of the molecule is CN(Cc1ccc(F)cc1)Cc1cncs1. The molecule has 0 aliphatic carbocycles. The third kappa shape index (κ3) is 3.12. The topological polar surface area (TPSA) is 16.1 Å². The van der Waals surface area contributed by atoms with Crippen LogP contribution in [0.4, 0.5) is 4.39 Å². The van der Waals surface area contributed by atoms with E-state index >= 15 is 0 Å². The van der Waals surface area contributed by atoms with Crippen molar-refractivity contribution in [2.24, 2.45) is 0 Å². The van der Waals surface area contributed by atoms with E-state index in [0.29, 0.717) is 0 Å². The van der Waals surface area contributed by atoms with Gasteiger partial charge in [-0.05, 0) is 24.7 Å². The van der Waals surface area contributed by atoms with E-state index < -0.39 is 0 Å². The van der Waals surface area contributed by atoms with Crippen LogP contribution in [-0.2, 0) is 13.1 Å². The Morgan fingerprint density at radius 2 is 2.00 bits per heavy atom. The number of rotatable bonds is 4. The fourth-order valence-corrected chi connectivity index (χ4v) is 2.22. The highest BCUT2D eigenvalue weighted by Gasteiger charge is 2.03. The molecule has 0 saturated heterocycles. The molecule has 1 heterocycles. The Morgan fingerprint density at radius 3 is 2.62 bits per heavy atom. The van der Waals surface area contributed by atoms with Crippen LogP contribution < -0.4 is 0 Å². The molecule has 0 radical (unpaired) electrons. The lowest BCUT2D eigenvalue weighted by Gasteiger charge is -2.15. The molecule has 0 N–H and O–H groups in total. The van der Waals surface area contributed by atoms with E-state index in [0.717, 1.165) is 18.7 Å². The van der Waals surface area contributed by atoms with E-state index in [1.54, 1.807) is 11.3 Å². The highest BCUT2D eigenvalue weighted by atomic mass is 32.1. The standard InChI is InChI=1S/C12H13FN2S/c1-15(8-12-6-14-9-16-12)7-10-2-4-11(13)5-3-10/h2-6,9H,7-8H2,1H3. The van der Waals surface area contributed by atoms with Gasteiger partial charge in [0.25, 0.3) is 0 Å². The van der Waals surface area contributed by atoms with Gasteiger partial charge in [-0.15, -0.1) is 11.3 Å². The fourth-order valence-electron chi connectivity index (χ4n) is 1.54. The number of halogens is 1. The number of thiazole rings is 1. The van der Waals surface area contributed by atoms with Crippen LogP contribution in [0.1, 0.15) is 10.4 Å². The summed E-state index contributed by atoms with van der Waals surface area (Å²) in [6.45, 7) is 1.69. The highest BCUT2D eigenvalue weighted by Crippen LogP contribution is 2.11.